The Morgan fingerprint density at radius 3 is 2.48 bits per heavy atom. The van der Waals surface area contributed by atoms with E-state index in [4.69, 9.17) is 15.2 Å². The highest BCUT2D eigenvalue weighted by atomic mass is 79.9. The molecule has 0 aliphatic rings. The molecule has 3 rings (SSSR count). The first-order valence-corrected chi connectivity index (χ1v) is 9.02. The van der Waals surface area contributed by atoms with Crippen LogP contribution in [-0.4, -0.2) is 11.1 Å². The minimum Gasteiger partial charge on any atom is -0.490 e. The summed E-state index contributed by atoms with van der Waals surface area (Å²) in [6.45, 7) is 5.95. The zero-order valence-corrected chi connectivity index (χ0v) is 16.1. The van der Waals surface area contributed by atoms with Crippen LogP contribution in [0.15, 0.2) is 53.0 Å². The monoisotopic (exact) mass is 400 g/mol. The van der Waals surface area contributed by atoms with Crippen LogP contribution in [0.1, 0.15) is 32.4 Å². The van der Waals surface area contributed by atoms with Crippen LogP contribution in [0.4, 0.5) is 0 Å². The van der Waals surface area contributed by atoms with Gasteiger partial charge in [-0.2, -0.15) is 0 Å². The van der Waals surface area contributed by atoms with Crippen LogP contribution in [0.2, 0.25) is 0 Å². The van der Waals surface area contributed by atoms with E-state index >= 15 is 0 Å². The molecule has 3 aromatic rings. The Bertz CT molecular complexity index is 894. The third-order valence-electron chi connectivity index (χ3n) is 3.70. The van der Waals surface area contributed by atoms with Crippen LogP contribution >= 0.6 is 15.9 Å². The second-order valence-electron chi connectivity index (χ2n) is 6.25. The van der Waals surface area contributed by atoms with Gasteiger partial charge in [-0.25, -0.2) is 4.98 Å². The van der Waals surface area contributed by atoms with Gasteiger partial charge in [-0.1, -0.05) is 6.07 Å². The fourth-order valence-electron chi connectivity index (χ4n) is 2.48. The average Bonchev–Trinajstić information content (AvgIpc) is 2.56. The van der Waals surface area contributed by atoms with Crippen LogP contribution in [0, 0.1) is 0 Å². The van der Waals surface area contributed by atoms with E-state index in [9.17, 15) is 0 Å². The van der Waals surface area contributed by atoms with Crippen LogP contribution in [-0.2, 0) is 0 Å². The molecule has 0 spiro atoms. The molecule has 130 valence electrons. The Labute approximate surface area is 156 Å². The molecule has 0 aliphatic heterocycles. The molecule has 5 heteroatoms. The maximum absolute atomic E-state index is 5.93. The van der Waals surface area contributed by atoms with Gasteiger partial charge in [0.1, 0.15) is 11.5 Å². The van der Waals surface area contributed by atoms with Crippen LogP contribution in [0.5, 0.6) is 17.4 Å². The Morgan fingerprint density at radius 2 is 1.80 bits per heavy atom. The molecule has 0 radical (unpaired) electrons. The second kappa shape index (κ2) is 7.42. The SMILES string of the molecule is CC(C)Oc1ccc(Oc2ccc3cc(C(C)N)ccc3n2)cc1Br. The van der Waals surface area contributed by atoms with Gasteiger partial charge in [-0.05, 0) is 78.7 Å². The molecule has 2 N–H and O–H groups in total. The number of aromatic nitrogens is 1. The molecule has 4 nitrogen and oxygen atoms in total. The molecule has 1 aromatic heterocycles. The van der Waals surface area contributed by atoms with Gasteiger partial charge < -0.3 is 15.2 Å². The van der Waals surface area contributed by atoms with Crippen molar-refractivity contribution in [2.45, 2.75) is 32.9 Å². The highest BCUT2D eigenvalue weighted by Gasteiger charge is 2.08. The molecule has 0 saturated heterocycles. The fraction of sp³-hybridized carbons (Fsp3) is 0.250. The van der Waals surface area contributed by atoms with Crippen molar-refractivity contribution in [3.8, 4) is 17.4 Å². The fourth-order valence-corrected chi connectivity index (χ4v) is 2.93. The molecular weight excluding hydrogens is 380 g/mol. The van der Waals surface area contributed by atoms with Crippen molar-refractivity contribution in [1.82, 2.24) is 4.98 Å². The Hall–Kier alpha value is -2.11. The van der Waals surface area contributed by atoms with E-state index in [0.29, 0.717) is 11.6 Å². The lowest BCUT2D eigenvalue weighted by molar-refractivity contribution is 0.240. The van der Waals surface area contributed by atoms with E-state index in [1.54, 1.807) is 0 Å². The van der Waals surface area contributed by atoms with Gasteiger partial charge in [0, 0.05) is 17.5 Å². The number of hydrogen-bond donors (Lipinski definition) is 1. The smallest absolute Gasteiger partial charge is 0.219 e. The van der Waals surface area contributed by atoms with Crippen molar-refractivity contribution in [2.24, 2.45) is 5.73 Å². The summed E-state index contributed by atoms with van der Waals surface area (Å²) < 4.78 is 12.4. The van der Waals surface area contributed by atoms with Gasteiger partial charge in [-0.3, -0.25) is 0 Å². The number of nitrogens with two attached hydrogens (primary N) is 1. The number of hydrogen-bond acceptors (Lipinski definition) is 4. The van der Waals surface area contributed by atoms with E-state index in [1.807, 2.05) is 63.2 Å². The van der Waals surface area contributed by atoms with E-state index in [1.165, 1.54) is 0 Å². The van der Waals surface area contributed by atoms with Gasteiger partial charge >= 0.3 is 0 Å². The van der Waals surface area contributed by atoms with Gasteiger partial charge in [0.2, 0.25) is 5.88 Å². The summed E-state index contributed by atoms with van der Waals surface area (Å²) in [4.78, 5) is 4.56. The first-order valence-electron chi connectivity index (χ1n) is 8.23. The molecule has 1 heterocycles. The Morgan fingerprint density at radius 1 is 1.00 bits per heavy atom. The predicted octanol–water partition coefficient (Wildman–Crippen LogP) is 5.60. The second-order valence-corrected chi connectivity index (χ2v) is 7.11. The first-order chi connectivity index (χ1) is 11.9. The lowest BCUT2D eigenvalue weighted by Crippen LogP contribution is -2.05. The molecular formula is C20H21BrN2O2. The highest BCUT2D eigenvalue weighted by Crippen LogP contribution is 2.32. The minimum absolute atomic E-state index is 0.00393. The van der Waals surface area contributed by atoms with Crippen molar-refractivity contribution in [2.75, 3.05) is 0 Å². The summed E-state index contributed by atoms with van der Waals surface area (Å²) in [5.74, 6) is 2.03. The summed E-state index contributed by atoms with van der Waals surface area (Å²) in [6.07, 6.45) is 0.117. The average molecular weight is 401 g/mol. The number of benzene rings is 2. The van der Waals surface area contributed by atoms with Crippen molar-refractivity contribution in [3.63, 3.8) is 0 Å². The van der Waals surface area contributed by atoms with E-state index in [0.717, 1.165) is 26.7 Å². The number of nitrogens with zero attached hydrogens (tertiary/aromatic N) is 1. The molecule has 1 unspecified atom stereocenters. The topological polar surface area (TPSA) is 57.4 Å². The number of rotatable bonds is 5. The van der Waals surface area contributed by atoms with Crippen molar-refractivity contribution >= 4 is 26.8 Å². The minimum atomic E-state index is 0.00393. The maximum atomic E-state index is 5.93. The normalized spacial score (nSPS) is 12.4. The van der Waals surface area contributed by atoms with Gasteiger partial charge in [0.25, 0.3) is 0 Å². The number of fused-ring (bicyclic) bond motifs is 1. The van der Waals surface area contributed by atoms with Crippen LogP contribution in [0.3, 0.4) is 0 Å². The summed E-state index contributed by atoms with van der Waals surface area (Å²) in [5.41, 5.74) is 7.90. The van der Waals surface area contributed by atoms with E-state index < -0.39 is 0 Å². The summed E-state index contributed by atoms with van der Waals surface area (Å²) in [5, 5.41) is 1.05. The quantitative estimate of drug-likeness (QED) is 0.605. The molecule has 0 bridgehead atoms. The lowest BCUT2D eigenvalue weighted by Gasteiger charge is -2.13. The summed E-state index contributed by atoms with van der Waals surface area (Å²) >= 11 is 3.51. The van der Waals surface area contributed by atoms with E-state index in [-0.39, 0.29) is 12.1 Å². The number of ether oxygens (including phenoxy) is 2. The maximum Gasteiger partial charge on any atom is 0.219 e. The largest absolute Gasteiger partial charge is 0.490 e. The van der Waals surface area contributed by atoms with Crippen molar-refractivity contribution in [1.29, 1.82) is 0 Å². The third kappa shape index (κ3) is 4.30. The Kier molecular flexibility index (Phi) is 5.25. The molecule has 0 amide bonds. The van der Waals surface area contributed by atoms with Gasteiger partial charge in [-0.15, -0.1) is 0 Å². The predicted molar refractivity (Wildman–Crippen MR) is 104 cm³/mol. The van der Waals surface area contributed by atoms with Crippen LogP contribution < -0.4 is 15.2 Å². The zero-order valence-electron chi connectivity index (χ0n) is 14.5. The summed E-state index contributed by atoms with van der Waals surface area (Å²) in [7, 11) is 0. The van der Waals surface area contributed by atoms with Crippen molar-refractivity contribution in [3.05, 3.63) is 58.6 Å². The van der Waals surface area contributed by atoms with Gasteiger partial charge in [0.15, 0.2) is 0 Å². The van der Waals surface area contributed by atoms with E-state index in [2.05, 4.69) is 27.0 Å². The molecule has 0 saturated carbocycles. The van der Waals surface area contributed by atoms with Crippen LogP contribution in [0.25, 0.3) is 10.9 Å². The molecule has 0 fully saturated rings. The summed E-state index contributed by atoms with van der Waals surface area (Å²) in [6, 6.07) is 15.5. The van der Waals surface area contributed by atoms with Crippen molar-refractivity contribution < 1.29 is 9.47 Å². The zero-order chi connectivity index (χ0) is 18.0. The van der Waals surface area contributed by atoms with Gasteiger partial charge in [0.05, 0.1) is 16.1 Å². The Balaban J connectivity index is 1.83. The first kappa shape index (κ1) is 17.7. The number of pyridine rings is 1. The highest BCUT2D eigenvalue weighted by molar-refractivity contribution is 9.10. The standard InChI is InChI=1S/C20H21BrN2O2/c1-12(2)24-19-8-6-16(11-17(19)21)25-20-9-5-15-10-14(13(3)22)4-7-18(15)23-20/h4-13H,22H2,1-3H3. The molecule has 25 heavy (non-hydrogen) atoms. The molecule has 2 aromatic carbocycles. The molecule has 0 aliphatic carbocycles. The molecule has 1 atom stereocenters. The lowest BCUT2D eigenvalue weighted by atomic mass is 10.1. The number of halogens is 1. The third-order valence-corrected chi connectivity index (χ3v) is 4.32.